The van der Waals surface area contributed by atoms with Crippen LogP contribution in [0, 0.1) is 0 Å². The maximum absolute atomic E-state index is 13.3. The Morgan fingerprint density at radius 1 is 1.07 bits per heavy atom. The zero-order valence-electron chi connectivity index (χ0n) is 16.7. The highest BCUT2D eigenvalue weighted by Gasteiger charge is 2.29. The molecular weight excluding hydrogens is 376 g/mol. The van der Waals surface area contributed by atoms with Gasteiger partial charge in [-0.3, -0.25) is 0 Å². The maximum Gasteiger partial charge on any atom is 0.243 e. The average Bonchev–Trinajstić information content (AvgIpc) is 3.21. The molecule has 3 rings (SSSR count). The second-order valence-electron chi connectivity index (χ2n) is 7.17. The van der Waals surface area contributed by atoms with Crippen LogP contribution < -0.4 is 9.64 Å². The lowest BCUT2D eigenvalue weighted by atomic mass is 10.2. The third kappa shape index (κ3) is 4.84. The van der Waals surface area contributed by atoms with Crippen LogP contribution in [0.15, 0.2) is 53.4 Å². The lowest BCUT2D eigenvalue weighted by Crippen LogP contribution is -2.37. The molecule has 0 saturated carbocycles. The first kappa shape index (κ1) is 20.6. The second-order valence-corrected chi connectivity index (χ2v) is 9.11. The fourth-order valence-corrected chi connectivity index (χ4v) is 4.72. The molecule has 1 saturated heterocycles. The molecule has 7 heteroatoms. The van der Waals surface area contributed by atoms with Crippen molar-refractivity contribution in [3.63, 3.8) is 0 Å². The summed E-state index contributed by atoms with van der Waals surface area (Å²) in [6.45, 7) is 1.35. The van der Waals surface area contributed by atoms with E-state index in [1.54, 1.807) is 31.4 Å². The molecule has 1 aliphatic heterocycles. The summed E-state index contributed by atoms with van der Waals surface area (Å²) in [5, 5.41) is 0. The number of hydrogen-bond donors (Lipinski definition) is 0. The molecule has 1 aliphatic rings. The van der Waals surface area contributed by atoms with E-state index >= 15 is 0 Å². The number of rotatable bonds is 8. The second kappa shape index (κ2) is 8.94. The molecule has 2 aromatic rings. The fourth-order valence-electron chi connectivity index (χ4n) is 3.26. The van der Waals surface area contributed by atoms with Gasteiger partial charge in [0, 0.05) is 39.5 Å². The zero-order valence-corrected chi connectivity index (χ0v) is 17.5. The van der Waals surface area contributed by atoms with Gasteiger partial charge >= 0.3 is 0 Å². The Morgan fingerprint density at radius 2 is 1.75 bits per heavy atom. The standard InChI is InChI=1S/C21H28N2O4S/c1-22(2)18-8-6-17(7-9-18)15-23(16-20-5-4-14-27-20)28(24,25)21-12-10-19(26-3)11-13-21/h6-13,20H,4-5,14-16H2,1-3H3/t20-/m0/s1. The van der Waals surface area contributed by atoms with Crippen LogP contribution in [0.3, 0.4) is 0 Å². The van der Waals surface area contributed by atoms with Crippen molar-refractivity contribution in [1.82, 2.24) is 4.31 Å². The average molecular weight is 405 g/mol. The molecule has 0 N–H and O–H groups in total. The summed E-state index contributed by atoms with van der Waals surface area (Å²) >= 11 is 0. The van der Waals surface area contributed by atoms with Gasteiger partial charge in [0.05, 0.1) is 18.1 Å². The highest BCUT2D eigenvalue weighted by molar-refractivity contribution is 7.89. The smallest absolute Gasteiger partial charge is 0.243 e. The van der Waals surface area contributed by atoms with Crippen molar-refractivity contribution in [3.05, 3.63) is 54.1 Å². The predicted molar refractivity (Wildman–Crippen MR) is 110 cm³/mol. The van der Waals surface area contributed by atoms with Crippen LogP contribution in [0.4, 0.5) is 5.69 Å². The lowest BCUT2D eigenvalue weighted by molar-refractivity contribution is 0.0926. The van der Waals surface area contributed by atoms with E-state index in [0.717, 1.165) is 24.1 Å². The van der Waals surface area contributed by atoms with Crippen molar-refractivity contribution < 1.29 is 17.9 Å². The summed E-state index contributed by atoms with van der Waals surface area (Å²) in [4.78, 5) is 2.28. The Morgan fingerprint density at radius 3 is 2.29 bits per heavy atom. The summed E-state index contributed by atoms with van der Waals surface area (Å²) in [6.07, 6.45) is 1.79. The van der Waals surface area contributed by atoms with Gasteiger partial charge < -0.3 is 14.4 Å². The fraction of sp³-hybridized carbons (Fsp3) is 0.429. The van der Waals surface area contributed by atoms with Gasteiger partial charge in [-0.15, -0.1) is 0 Å². The first-order valence-electron chi connectivity index (χ1n) is 9.42. The molecule has 0 bridgehead atoms. The highest BCUT2D eigenvalue weighted by atomic mass is 32.2. The van der Waals surface area contributed by atoms with E-state index < -0.39 is 10.0 Å². The van der Waals surface area contributed by atoms with Crippen molar-refractivity contribution in [1.29, 1.82) is 0 Å². The maximum atomic E-state index is 13.3. The number of hydrogen-bond acceptors (Lipinski definition) is 5. The number of benzene rings is 2. The molecular formula is C21H28N2O4S. The van der Waals surface area contributed by atoms with E-state index in [2.05, 4.69) is 0 Å². The first-order chi connectivity index (χ1) is 13.4. The third-order valence-corrected chi connectivity index (χ3v) is 6.77. The van der Waals surface area contributed by atoms with Gasteiger partial charge in [-0.2, -0.15) is 4.31 Å². The van der Waals surface area contributed by atoms with Crippen molar-refractivity contribution >= 4 is 15.7 Å². The quantitative estimate of drug-likeness (QED) is 0.677. The number of methoxy groups -OCH3 is 1. The molecule has 0 spiro atoms. The number of sulfonamides is 1. The van der Waals surface area contributed by atoms with Gasteiger partial charge in [-0.1, -0.05) is 12.1 Å². The van der Waals surface area contributed by atoms with Crippen molar-refractivity contribution in [2.75, 3.05) is 39.3 Å². The van der Waals surface area contributed by atoms with Gasteiger partial charge in [0.2, 0.25) is 10.0 Å². The molecule has 1 fully saturated rings. The third-order valence-electron chi connectivity index (χ3n) is 4.94. The molecule has 1 atom stereocenters. The largest absolute Gasteiger partial charge is 0.497 e. The topological polar surface area (TPSA) is 59.1 Å². The van der Waals surface area contributed by atoms with Crippen LogP contribution in [0.2, 0.25) is 0 Å². The van der Waals surface area contributed by atoms with E-state index in [9.17, 15) is 8.42 Å². The Hall–Kier alpha value is -2.09. The van der Waals surface area contributed by atoms with E-state index in [1.165, 1.54) is 4.31 Å². The van der Waals surface area contributed by atoms with E-state index in [1.807, 2.05) is 43.3 Å². The predicted octanol–water partition coefficient (Wildman–Crippen LogP) is 3.13. The first-order valence-corrected chi connectivity index (χ1v) is 10.9. The highest BCUT2D eigenvalue weighted by Crippen LogP contribution is 2.24. The summed E-state index contributed by atoms with van der Waals surface area (Å²) in [6, 6.07) is 14.5. The molecule has 6 nitrogen and oxygen atoms in total. The van der Waals surface area contributed by atoms with Gasteiger partial charge in [0.25, 0.3) is 0 Å². The molecule has 152 valence electrons. The van der Waals surface area contributed by atoms with Crippen molar-refractivity contribution in [3.8, 4) is 5.75 Å². The zero-order chi connectivity index (χ0) is 20.1. The SMILES string of the molecule is COc1ccc(S(=O)(=O)N(Cc2ccc(N(C)C)cc2)C[C@@H]2CCCO2)cc1. The summed E-state index contributed by atoms with van der Waals surface area (Å²) in [5.74, 6) is 0.629. The number of anilines is 1. The number of ether oxygens (including phenoxy) is 2. The van der Waals surface area contributed by atoms with Gasteiger partial charge in [-0.25, -0.2) is 8.42 Å². The summed E-state index contributed by atoms with van der Waals surface area (Å²) < 4.78 is 39.0. The Kier molecular flexibility index (Phi) is 6.59. The lowest BCUT2D eigenvalue weighted by Gasteiger charge is -2.25. The van der Waals surface area contributed by atoms with Gasteiger partial charge in [0.15, 0.2) is 0 Å². The monoisotopic (exact) mass is 404 g/mol. The molecule has 2 aromatic carbocycles. The molecule has 0 amide bonds. The van der Waals surface area contributed by atoms with E-state index in [4.69, 9.17) is 9.47 Å². The summed E-state index contributed by atoms with van der Waals surface area (Å²) in [5.41, 5.74) is 2.02. The Bertz CT molecular complexity index is 858. The van der Waals surface area contributed by atoms with Gasteiger partial charge in [0.1, 0.15) is 5.75 Å². The van der Waals surface area contributed by atoms with Crippen LogP contribution in [0.5, 0.6) is 5.75 Å². The van der Waals surface area contributed by atoms with Crippen LogP contribution in [-0.4, -0.2) is 53.2 Å². The minimum atomic E-state index is -3.65. The minimum absolute atomic E-state index is 0.0610. The summed E-state index contributed by atoms with van der Waals surface area (Å²) in [7, 11) is 1.87. The molecule has 0 unspecified atom stereocenters. The minimum Gasteiger partial charge on any atom is -0.497 e. The van der Waals surface area contributed by atoms with Crippen molar-refractivity contribution in [2.45, 2.75) is 30.4 Å². The van der Waals surface area contributed by atoms with E-state index in [0.29, 0.717) is 25.4 Å². The normalized spacial score (nSPS) is 17.1. The molecule has 0 aliphatic carbocycles. The van der Waals surface area contributed by atoms with Crippen LogP contribution in [0.25, 0.3) is 0 Å². The van der Waals surface area contributed by atoms with Gasteiger partial charge in [-0.05, 0) is 54.8 Å². The van der Waals surface area contributed by atoms with Crippen molar-refractivity contribution in [2.24, 2.45) is 0 Å². The van der Waals surface area contributed by atoms with Crippen LogP contribution in [-0.2, 0) is 21.3 Å². The molecule has 0 aromatic heterocycles. The molecule has 1 heterocycles. The Balaban J connectivity index is 1.86. The Labute approximate surface area is 167 Å². The van der Waals surface area contributed by atoms with E-state index in [-0.39, 0.29) is 11.0 Å². The number of nitrogens with zero attached hydrogens (tertiary/aromatic N) is 2. The molecule has 28 heavy (non-hydrogen) atoms. The van der Waals surface area contributed by atoms with Crippen LogP contribution in [0.1, 0.15) is 18.4 Å². The molecule has 0 radical (unpaired) electrons. The van der Waals surface area contributed by atoms with Crippen LogP contribution >= 0.6 is 0 Å².